The van der Waals surface area contributed by atoms with Crippen LogP contribution in [0.25, 0.3) is 5.52 Å². The standard InChI is InChI=1S/C23H31N7O2/c1-16-12-27(6-7-28(16)18-9-23(10-18)14-24-15-23)13-17-2-5-30-19(8-17)20(11-25-30)29-4-3-21(31)26-22(29)32/h2,5,8,11,16,18,24H,3-4,6-7,9-10,12-15H2,1H3,(H,26,31,32)/t16-/m0/s1. The Hall–Kier alpha value is -2.49. The van der Waals surface area contributed by atoms with Gasteiger partial charge in [0.05, 0.1) is 17.4 Å². The molecule has 5 heterocycles. The zero-order valence-electron chi connectivity index (χ0n) is 18.6. The fourth-order valence-corrected chi connectivity index (χ4v) is 6.04. The van der Waals surface area contributed by atoms with Gasteiger partial charge in [0.1, 0.15) is 0 Å². The Bertz CT molecular complexity index is 1050. The monoisotopic (exact) mass is 437 g/mol. The maximum Gasteiger partial charge on any atom is 0.328 e. The summed E-state index contributed by atoms with van der Waals surface area (Å²) in [4.78, 5) is 30.7. The SMILES string of the molecule is C[C@H]1CN(Cc2ccn3ncc(N4CCC(=O)NC4=O)c3c2)CCN1C1CC2(CNC2)C1. The van der Waals surface area contributed by atoms with Crippen molar-refractivity contribution < 1.29 is 9.59 Å². The highest BCUT2D eigenvalue weighted by atomic mass is 16.2. The first-order valence-corrected chi connectivity index (χ1v) is 11.8. The number of aromatic nitrogens is 2. The lowest BCUT2D eigenvalue weighted by Crippen LogP contribution is -2.68. The zero-order chi connectivity index (χ0) is 21.9. The van der Waals surface area contributed by atoms with Gasteiger partial charge in [-0.2, -0.15) is 5.10 Å². The van der Waals surface area contributed by atoms with Crippen LogP contribution < -0.4 is 15.5 Å². The summed E-state index contributed by atoms with van der Waals surface area (Å²) in [6.45, 7) is 9.37. The highest BCUT2D eigenvalue weighted by Gasteiger charge is 2.51. The van der Waals surface area contributed by atoms with E-state index in [-0.39, 0.29) is 11.9 Å². The molecule has 0 aromatic carbocycles. The van der Waals surface area contributed by atoms with E-state index in [4.69, 9.17) is 0 Å². The summed E-state index contributed by atoms with van der Waals surface area (Å²) in [7, 11) is 0. The summed E-state index contributed by atoms with van der Waals surface area (Å²) in [5, 5.41) is 10.2. The number of rotatable bonds is 4. The molecule has 9 nitrogen and oxygen atoms in total. The molecular weight excluding hydrogens is 406 g/mol. The molecule has 4 fully saturated rings. The Balaban J connectivity index is 1.12. The smallest absolute Gasteiger partial charge is 0.316 e. The van der Waals surface area contributed by atoms with Crippen molar-refractivity contribution in [2.24, 2.45) is 5.41 Å². The third kappa shape index (κ3) is 3.39. The number of pyridine rings is 1. The molecule has 1 saturated carbocycles. The lowest BCUT2D eigenvalue weighted by atomic mass is 9.61. The Morgan fingerprint density at radius 2 is 2.03 bits per heavy atom. The molecule has 2 aromatic heterocycles. The van der Waals surface area contributed by atoms with Crippen molar-refractivity contribution in [1.82, 2.24) is 30.0 Å². The van der Waals surface area contributed by atoms with Crippen LogP contribution in [0.15, 0.2) is 24.5 Å². The van der Waals surface area contributed by atoms with Crippen LogP contribution in [0.5, 0.6) is 0 Å². The summed E-state index contributed by atoms with van der Waals surface area (Å²) in [6.07, 6.45) is 6.70. The van der Waals surface area contributed by atoms with Crippen LogP contribution in [0.3, 0.4) is 0 Å². The van der Waals surface area contributed by atoms with Crippen molar-refractivity contribution in [3.63, 3.8) is 0 Å². The molecule has 4 aliphatic rings. The van der Waals surface area contributed by atoms with E-state index in [9.17, 15) is 9.59 Å². The van der Waals surface area contributed by atoms with Crippen LogP contribution in [0.1, 0.15) is 31.7 Å². The number of imide groups is 1. The largest absolute Gasteiger partial charge is 0.328 e. The highest BCUT2D eigenvalue weighted by molar-refractivity contribution is 6.07. The maximum atomic E-state index is 12.3. The number of nitrogens with zero attached hydrogens (tertiary/aromatic N) is 5. The third-order valence-electron chi connectivity index (χ3n) is 7.89. The molecule has 1 spiro atoms. The topological polar surface area (TPSA) is 85.2 Å². The van der Waals surface area contributed by atoms with Gasteiger partial charge in [0.15, 0.2) is 0 Å². The molecule has 6 rings (SSSR count). The average molecular weight is 438 g/mol. The first-order valence-electron chi connectivity index (χ1n) is 11.8. The first-order chi connectivity index (χ1) is 15.5. The quantitative estimate of drug-likeness (QED) is 0.744. The van der Waals surface area contributed by atoms with E-state index in [0.717, 1.165) is 43.4 Å². The normalized spacial score (nSPS) is 26.9. The second-order valence-electron chi connectivity index (χ2n) is 10.1. The molecule has 0 bridgehead atoms. The van der Waals surface area contributed by atoms with E-state index in [0.29, 0.717) is 24.4 Å². The number of fused-ring (bicyclic) bond motifs is 1. The number of carbonyl (C=O) groups excluding carboxylic acids is 2. The third-order valence-corrected chi connectivity index (χ3v) is 7.89. The van der Waals surface area contributed by atoms with Crippen molar-refractivity contribution in [2.45, 2.75) is 44.8 Å². The molecule has 32 heavy (non-hydrogen) atoms. The molecule has 0 radical (unpaired) electrons. The Morgan fingerprint density at radius 3 is 2.75 bits per heavy atom. The Kier molecular flexibility index (Phi) is 4.74. The second-order valence-corrected chi connectivity index (χ2v) is 10.1. The predicted molar refractivity (Wildman–Crippen MR) is 120 cm³/mol. The Morgan fingerprint density at radius 1 is 1.19 bits per heavy atom. The summed E-state index contributed by atoms with van der Waals surface area (Å²) >= 11 is 0. The van der Waals surface area contributed by atoms with Crippen molar-refractivity contribution in [1.29, 1.82) is 0 Å². The van der Waals surface area contributed by atoms with E-state index >= 15 is 0 Å². The van der Waals surface area contributed by atoms with Crippen LogP contribution in [-0.2, 0) is 11.3 Å². The van der Waals surface area contributed by atoms with Crippen LogP contribution in [-0.4, -0.2) is 82.7 Å². The van der Waals surface area contributed by atoms with Crippen LogP contribution in [0, 0.1) is 5.41 Å². The summed E-state index contributed by atoms with van der Waals surface area (Å²) in [5.41, 5.74) is 3.49. The second kappa shape index (κ2) is 7.54. The number of anilines is 1. The average Bonchev–Trinajstić information content (AvgIpc) is 3.10. The van der Waals surface area contributed by atoms with E-state index in [1.807, 2.05) is 6.20 Å². The zero-order valence-corrected chi connectivity index (χ0v) is 18.6. The van der Waals surface area contributed by atoms with Crippen molar-refractivity contribution in [3.05, 3.63) is 30.1 Å². The van der Waals surface area contributed by atoms with Gasteiger partial charge >= 0.3 is 6.03 Å². The van der Waals surface area contributed by atoms with Crippen molar-refractivity contribution in [2.75, 3.05) is 44.2 Å². The minimum atomic E-state index is -0.373. The number of nitrogens with one attached hydrogen (secondary N) is 2. The van der Waals surface area contributed by atoms with E-state index in [1.54, 1.807) is 15.6 Å². The van der Waals surface area contributed by atoms with Gasteiger partial charge in [0.2, 0.25) is 5.91 Å². The van der Waals surface area contributed by atoms with Gasteiger partial charge in [-0.05, 0) is 42.9 Å². The molecule has 0 unspecified atom stereocenters. The first kappa shape index (κ1) is 20.1. The minimum Gasteiger partial charge on any atom is -0.316 e. The van der Waals surface area contributed by atoms with Gasteiger partial charge in [0, 0.05) is 70.5 Å². The number of hydrogen-bond acceptors (Lipinski definition) is 6. The molecule has 1 aliphatic carbocycles. The van der Waals surface area contributed by atoms with Crippen LogP contribution >= 0.6 is 0 Å². The number of piperazine rings is 1. The fourth-order valence-electron chi connectivity index (χ4n) is 6.04. The van der Waals surface area contributed by atoms with Crippen LogP contribution in [0.4, 0.5) is 10.5 Å². The molecule has 1 atom stereocenters. The number of amides is 3. The molecule has 3 aliphatic heterocycles. The van der Waals surface area contributed by atoms with Gasteiger partial charge in [-0.25, -0.2) is 9.31 Å². The maximum absolute atomic E-state index is 12.3. The lowest BCUT2D eigenvalue weighted by molar-refractivity contribution is -0.120. The fraction of sp³-hybridized carbons (Fsp3) is 0.609. The molecule has 2 aromatic rings. The molecule has 2 N–H and O–H groups in total. The van der Waals surface area contributed by atoms with Gasteiger partial charge in [0.25, 0.3) is 0 Å². The van der Waals surface area contributed by atoms with E-state index in [2.05, 4.69) is 44.6 Å². The molecule has 3 saturated heterocycles. The molecule has 170 valence electrons. The molecule has 9 heteroatoms. The van der Waals surface area contributed by atoms with Crippen molar-refractivity contribution >= 4 is 23.1 Å². The van der Waals surface area contributed by atoms with Crippen LogP contribution in [0.2, 0.25) is 0 Å². The number of carbonyl (C=O) groups is 2. The molecule has 3 amide bonds. The number of urea groups is 1. The van der Waals surface area contributed by atoms with E-state index in [1.165, 1.54) is 31.5 Å². The molecular formula is C23H31N7O2. The number of hydrogen-bond donors (Lipinski definition) is 2. The summed E-state index contributed by atoms with van der Waals surface area (Å²) in [6, 6.07) is 5.20. The van der Waals surface area contributed by atoms with E-state index < -0.39 is 0 Å². The van der Waals surface area contributed by atoms with Gasteiger partial charge in [-0.15, -0.1) is 0 Å². The Labute approximate surface area is 187 Å². The van der Waals surface area contributed by atoms with Gasteiger partial charge < -0.3 is 5.32 Å². The summed E-state index contributed by atoms with van der Waals surface area (Å²) < 4.78 is 1.80. The van der Waals surface area contributed by atoms with Gasteiger partial charge in [-0.3, -0.25) is 24.8 Å². The van der Waals surface area contributed by atoms with Crippen molar-refractivity contribution in [3.8, 4) is 0 Å². The minimum absolute atomic E-state index is 0.224. The van der Waals surface area contributed by atoms with Gasteiger partial charge in [-0.1, -0.05) is 0 Å². The predicted octanol–water partition coefficient (Wildman–Crippen LogP) is 1.04. The highest BCUT2D eigenvalue weighted by Crippen LogP contribution is 2.47. The lowest BCUT2D eigenvalue weighted by Gasteiger charge is -2.59. The summed E-state index contributed by atoms with van der Waals surface area (Å²) in [5.74, 6) is -0.224.